The van der Waals surface area contributed by atoms with E-state index in [-0.39, 0.29) is 0 Å². The molecule has 0 aliphatic rings. The smallest absolute Gasteiger partial charge is 0.248 e. The van der Waals surface area contributed by atoms with Gasteiger partial charge in [0, 0.05) is 5.69 Å². The molecule has 0 aromatic carbocycles. The molecule has 1 aromatic heterocycles. The predicted molar refractivity (Wildman–Crippen MR) is 43.9 cm³/mol. The van der Waals surface area contributed by atoms with Crippen LogP contribution in [0.3, 0.4) is 0 Å². The largest absolute Gasteiger partial charge is 0.433 e. The molecule has 0 aliphatic heterocycles. The number of rotatable bonds is 1. The molecule has 1 rings (SSSR count). The Hall–Kier alpha value is -0.910. The third-order valence-corrected chi connectivity index (χ3v) is 2.02. The van der Waals surface area contributed by atoms with Gasteiger partial charge in [0.15, 0.2) is 0 Å². The monoisotopic (exact) mass is 245 g/mol. The highest BCUT2D eigenvalue weighted by atomic mass is 35.5. The van der Waals surface area contributed by atoms with Gasteiger partial charge in [0.25, 0.3) is 6.43 Å². The number of nitrogens with zero attached hydrogens (tertiary/aromatic N) is 1. The summed E-state index contributed by atoms with van der Waals surface area (Å²) in [6.45, 7) is 1.06. The molecule has 0 N–H and O–H groups in total. The topological polar surface area (TPSA) is 12.9 Å². The number of aromatic nitrogens is 1. The molecule has 1 heterocycles. The van der Waals surface area contributed by atoms with E-state index in [1.54, 1.807) is 0 Å². The zero-order valence-corrected chi connectivity index (χ0v) is 8.13. The van der Waals surface area contributed by atoms with Gasteiger partial charge in [-0.15, -0.1) is 0 Å². The number of alkyl halides is 5. The fourth-order valence-electron chi connectivity index (χ4n) is 1.05. The first-order chi connectivity index (χ1) is 6.73. The van der Waals surface area contributed by atoms with Crippen LogP contribution in [0.5, 0.6) is 0 Å². The van der Waals surface area contributed by atoms with Gasteiger partial charge in [0.2, 0.25) is 0 Å². The Morgan fingerprint density at radius 3 is 2.20 bits per heavy atom. The highest BCUT2D eigenvalue weighted by Crippen LogP contribution is 2.35. The second kappa shape index (κ2) is 3.92. The second-order valence-electron chi connectivity index (χ2n) is 2.79. The third kappa shape index (κ3) is 2.56. The summed E-state index contributed by atoms with van der Waals surface area (Å²) in [4.78, 5) is 3.04. The van der Waals surface area contributed by atoms with E-state index in [9.17, 15) is 22.0 Å². The van der Waals surface area contributed by atoms with Crippen LogP contribution in [0.2, 0.25) is 5.02 Å². The van der Waals surface area contributed by atoms with Crippen molar-refractivity contribution >= 4 is 11.6 Å². The molecule has 0 saturated heterocycles. The summed E-state index contributed by atoms with van der Waals surface area (Å²) in [5, 5.41) is -0.621. The summed E-state index contributed by atoms with van der Waals surface area (Å²) in [6.07, 6.45) is -7.62. The lowest BCUT2D eigenvalue weighted by Crippen LogP contribution is -2.10. The quantitative estimate of drug-likeness (QED) is 0.682. The Morgan fingerprint density at radius 1 is 1.33 bits per heavy atom. The van der Waals surface area contributed by atoms with Crippen LogP contribution in [0, 0.1) is 6.92 Å². The molecular weight excluding hydrogens is 241 g/mol. The molecule has 84 valence electrons. The van der Waals surface area contributed by atoms with E-state index in [1.165, 1.54) is 0 Å². The van der Waals surface area contributed by atoms with Gasteiger partial charge < -0.3 is 0 Å². The van der Waals surface area contributed by atoms with Crippen LogP contribution in [0.1, 0.15) is 23.4 Å². The molecule has 15 heavy (non-hydrogen) atoms. The minimum atomic E-state index is -4.69. The Balaban J connectivity index is 3.32. The highest BCUT2D eigenvalue weighted by Gasteiger charge is 2.34. The Morgan fingerprint density at radius 2 is 1.87 bits per heavy atom. The van der Waals surface area contributed by atoms with Crippen LogP contribution in [-0.4, -0.2) is 4.98 Å². The van der Waals surface area contributed by atoms with Gasteiger partial charge in [0.05, 0.1) is 10.6 Å². The van der Waals surface area contributed by atoms with Crippen LogP contribution in [0.4, 0.5) is 22.0 Å². The molecule has 1 nitrogen and oxygen atoms in total. The zero-order valence-electron chi connectivity index (χ0n) is 7.37. The van der Waals surface area contributed by atoms with Crippen LogP contribution in [0.25, 0.3) is 0 Å². The van der Waals surface area contributed by atoms with E-state index < -0.39 is 34.6 Å². The van der Waals surface area contributed by atoms with E-state index in [0.717, 1.165) is 6.92 Å². The van der Waals surface area contributed by atoms with E-state index in [1.807, 2.05) is 0 Å². The fraction of sp³-hybridized carbons (Fsp3) is 0.375. The first kappa shape index (κ1) is 12.2. The molecular formula is C8H5ClF5N. The number of hydrogen-bond acceptors (Lipinski definition) is 1. The second-order valence-corrected chi connectivity index (χ2v) is 3.19. The molecule has 1 aromatic rings. The predicted octanol–water partition coefficient (Wildman–Crippen LogP) is 4.00. The van der Waals surface area contributed by atoms with Gasteiger partial charge in [0.1, 0.15) is 5.69 Å². The van der Waals surface area contributed by atoms with Crippen molar-refractivity contribution in [1.82, 2.24) is 4.98 Å². The lowest BCUT2D eigenvalue weighted by molar-refractivity contribution is -0.141. The summed E-state index contributed by atoms with van der Waals surface area (Å²) < 4.78 is 61.1. The summed E-state index contributed by atoms with van der Waals surface area (Å²) >= 11 is 5.32. The van der Waals surface area contributed by atoms with Crippen molar-refractivity contribution in [3.05, 3.63) is 28.0 Å². The fourth-order valence-corrected chi connectivity index (χ4v) is 1.37. The lowest BCUT2D eigenvalue weighted by atomic mass is 10.2. The number of halogens is 6. The molecule has 0 spiro atoms. The van der Waals surface area contributed by atoms with E-state index >= 15 is 0 Å². The summed E-state index contributed by atoms with van der Waals surface area (Å²) in [7, 11) is 0. The molecule has 0 saturated carbocycles. The zero-order chi connectivity index (χ0) is 11.8. The van der Waals surface area contributed by atoms with E-state index in [0.29, 0.717) is 6.07 Å². The number of hydrogen-bond donors (Lipinski definition) is 0. The van der Waals surface area contributed by atoms with Crippen molar-refractivity contribution in [3.63, 3.8) is 0 Å². The average molecular weight is 246 g/mol. The van der Waals surface area contributed by atoms with Gasteiger partial charge in [-0.25, -0.2) is 13.8 Å². The maximum absolute atomic E-state index is 12.3. The lowest BCUT2D eigenvalue weighted by Gasteiger charge is -2.11. The summed E-state index contributed by atoms with van der Waals surface area (Å²) in [5.41, 5.74) is -2.34. The van der Waals surface area contributed by atoms with Crippen LogP contribution in [-0.2, 0) is 6.18 Å². The van der Waals surface area contributed by atoms with Crippen molar-refractivity contribution in [3.8, 4) is 0 Å². The van der Waals surface area contributed by atoms with E-state index in [2.05, 4.69) is 4.98 Å². The summed E-state index contributed by atoms with van der Waals surface area (Å²) in [5.74, 6) is 0. The van der Waals surface area contributed by atoms with Crippen molar-refractivity contribution in [2.24, 2.45) is 0 Å². The van der Waals surface area contributed by atoms with Crippen molar-refractivity contribution < 1.29 is 22.0 Å². The van der Waals surface area contributed by atoms with Crippen LogP contribution >= 0.6 is 11.6 Å². The molecule has 0 unspecified atom stereocenters. The van der Waals surface area contributed by atoms with Gasteiger partial charge in [-0.3, -0.25) is 0 Å². The molecule has 0 atom stereocenters. The van der Waals surface area contributed by atoms with Gasteiger partial charge in [-0.2, -0.15) is 13.2 Å². The van der Waals surface area contributed by atoms with Crippen LogP contribution < -0.4 is 0 Å². The number of aryl methyl sites for hydroxylation is 1. The normalized spacial score (nSPS) is 12.3. The molecule has 7 heteroatoms. The molecule has 0 radical (unpaired) electrons. The standard InChI is InChI=1S/C8H5ClF5N/c1-3-6(7(10)11)4(9)2-5(15-3)8(12,13)14/h2,7H,1H3. The maximum atomic E-state index is 12.3. The molecule has 0 aliphatic carbocycles. The van der Waals surface area contributed by atoms with Crippen molar-refractivity contribution in [2.75, 3.05) is 0 Å². The molecule has 0 fully saturated rings. The van der Waals surface area contributed by atoms with Crippen molar-refractivity contribution in [2.45, 2.75) is 19.5 Å². The Bertz CT molecular complexity index is 351. The van der Waals surface area contributed by atoms with Gasteiger partial charge in [-0.1, -0.05) is 11.6 Å². The van der Waals surface area contributed by atoms with E-state index in [4.69, 9.17) is 11.6 Å². The van der Waals surface area contributed by atoms with Gasteiger partial charge >= 0.3 is 6.18 Å². The van der Waals surface area contributed by atoms with Gasteiger partial charge in [-0.05, 0) is 13.0 Å². The summed E-state index contributed by atoms with van der Waals surface area (Å²) in [6, 6.07) is 0.399. The maximum Gasteiger partial charge on any atom is 0.433 e. The minimum Gasteiger partial charge on any atom is -0.248 e. The highest BCUT2D eigenvalue weighted by molar-refractivity contribution is 6.31. The average Bonchev–Trinajstić information content (AvgIpc) is 1.99. The Labute approximate surface area is 86.9 Å². The number of pyridine rings is 1. The molecule has 0 amide bonds. The Kier molecular flexibility index (Phi) is 3.18. The minimum absolute atomic E-state index is 0.399. The molecule has 0 bridgehead atoms. The third-order valence-electron chi connectivity index (χ3n) is 1.71. The van der Waals surface area contributed by atoms with Crippen LogP contribution in [0.15, 0.2) is 6.07 Å². The SMILES string of the molecule is Cc1nc(C(F)(F)F)cc(Cl)c1C(F)F. The first-order valence-electron chi connectivity index (χ1n) is 3.76. The van der Waals surface area contributed by atoms with Crippen molar-refractivity contribution in [1.29, 1.82) is 0 Å². The first-order valence-corrected chi connectivity index (χ1v) is 4.13.